The van der Waals surface area contributed by atoms with Crippen LogP contribution in [0.1, 0.15) is 16.1 Å². The van der Waals surface area contributed by atoms with Crippen LogP contribution in [0.2, 0.25) is 0 Å². The van der Waals surface area contributed by atoms with Gasteiger partial charge in [0.2, 0.25) is 0 Å². The molecule has 1 N–H and O–H groups in total. The first-order valence-electron chi connectivity index (χ1n) is 7.78. The second kappa shape index (κ2) is 7.98. The van der Waals surface area contributed by atoms with Crippen molar-refractivity contribution in [1.29, 1.82) is 0 Å². The highest BCUT2D eigenvalue weighted by atomic mass is 16.6. The van der Waals surface area contributed by atoms with E-state index in [0.717, 1.165) is 5.39 Å². The van der Waals surface area contributed by atoms with Gasteiger partial charge in [-0.25, -0.2) is 10.2 Å². The Bertz CT molecular complexity index is 928. The zero-order valence-electron chi connectivity index (χ0n) is 14.0. The SMILES string of the molecule is COC(=O)COc1ccccc1C=NNC(=O)c1cc2ccccc2o1. The van der Waals surface area contributed by atoms with Crippen LogP contribution in [-0.2, 0) is 9.53 Å². The minimum absolute atomic E-state index is 0.165. The second-order valence-electron chi connectivity index (χ2n) is 5.25. The molecule has 0 aliphatic rings. The standard InChI is InChI=1S/C19H16N2O5/c1-24-18(22)12-25-15-8-4-3-7-14(15)11-20-21-19(23)17-10-13-6-2-5-9-16(13)26-17/h2-11H,12H2,1H3,(H,21,23). The minimum Gasteiger partial charge on any atom is -0.481 e. The summed E-state index contributed by atoms with van der Waals surface area (Å²) in [5, 5.41) is 4.75. The first-order chi connectivity index (χ1) is 12.7. The molecular weight excluding hydrogens is 336 g/mol. The lowest BCUT2D eigenvalue weighted by Gasteiger charge is -2.07. The number of hydrogen-bond acceptors (Lipinski definition) is 6. The van der Waals surface area contributed by atoms with Gasteiger partial charge in [-0.1, -0.05) is 30.3 Å². The summed E-state index contributed by atoms with van der Waals surface area (Å²) in [5.74, 6) is -0.349. The first-order valence-corrected chi connectivity index (χ1v) is 7.78. The third-order valence-electron chi connectivity index (χ3n) is 3.51. The van der Waals surface area contributed by atoms with Crippen LogP contribution in [0.5, 0.6) is 5.75 Å². The van der Waals surface area contributed by atoms with E-state index in [1.807, 2.05) is 18.2 Å². The molecular formula is C19H16N2O5. The number of rotatable bonds is 6. The molecule has 0 fully saturated rings. The van der Waals surface area contributed by atoms with E-state index in [1.165, 1.54) is 13.3 Å². The fourth-order valence-electron chi connectivity index (χ4n) is 2.22. The molecule has 1 amide bonds. The predicted octanol–water partition coefficient (Wildman–Crippen LogP) is 2.75. The van der Waals surface area contributed by atoms with Crippen molar-refractivity contribution >= 4 is 29.1 Å². The molecule has 7 heteroatoms. The number of amides is 1. The number of carbonyl (C=O) groups excluding carboxylic acids is 2. The monoisotopic (exact) mass is 352 g/mol. The number of methoxy groups -OCH3 is 1. The summed E-state index contributed by atoms with van der Waals surface area (Å²) in [7, 11) is 1.28. The Labute approximate surface area is 149 Å². The molecule has 0 atom stereocenters. The van der Waals surface area contributed by atoms with E-state index >= 15 is 0 Å². The number of benzene rings is 2. The topological polar surface area (TPSA) is 90.1 Å². The molecule has 132 valence electrons. The van der Waals surface area contributed by atoms with Crippen molar-refractivity contribution in [2.45, 2.75) is 0 Å². The number of ether oxygens (including phenoxy) is 2. The van der Waals surface area contributed by atoms with Crippen LogP contribution in [0.15, 0.2) is 64.1 Å². The second-order valence-corrected chi connectivity index (χ2v) is 5.25. The van der Waals surface area contributed by atoms with E-state index in [2.05, 4.69) is 15.3 Å². The molecule has 3 rings (SSSR count). The fraction of sp³-hybridized carbons (Fsp3) is 0.105. The van der Waals surface area contributed by atoms with Gasteiger partial charge in [0.15, 0.2) is 12.4 Å². The molecule has 0 radical (unpaired) electrons. The van der Waals surface area contributed by atoms with E-state index in [-0.39, 0.29) is 12.4 Å². The van der Waals surface area contributed by atoms with Gasteiger partial charge < -0.3 is 13.9 Å². The van der Waals surface area contributed by atoms with Crippen molar-refractivity contribution in [2.75, 3.05) is 13.7 Å². The Morgan fingerprint density at radius 3 is 2.73 bits per heavy atom. The number of carbonyl (C=O) groups is 2. The molecule has 3 aromatic rings. The molecule has 0 saturated heterocycles. The Kier molecular flexibility index (Phi) is 5.28. The van der Waals surface area contributed by atoms with Crippen LogP contribution >= 0.6 is 0 Å². The van der Waals surface area contributed by atoms with Gasteiger partial charge in [0.05, 0.1) is 13.3 Å². The molecule has 26 heavy (non-hydrogen) atoms. The molecule has 1 aromatic heterocycles. The lowest BCUT2D eigenvalue weighted by molar-refractivity contribution is -0.142. The van der Waals surface area contributed by atoms with Crippen molar-refractivity contribution in [3.05, 3.63) is 65.9 Å². The van der Waals surface area contributed by atoms with Crippen molar-refractivity contribution in [2.24, 2.45) is 5.10 Å². The van der Waals surface area contributed by atoms with Gasteiger partial charge in [0.1, 0.15) is 11.3 Å². The first kappa shape index (κ1) is 17.2. The zero-order valence-corrected chi connectivity index (χ0v) is 14.0. The molecule has 0 aliphatic carbocycles. The molecule has 0 bridgehead atoms. The van der Waals surface area contributed by atoms with Gasteiger partial charge >= 0.3 is 11.9 Å². The number of nitrogens with one attached hydrogen (secondary N) is 1. The van der Waals surface area contributed by atoms with Gasteiger partial charge in [-0.3, -0.25) is 4.79 Å². The Morgan fingerprint density at radius 2 is 1.92 bits per heavy atom. The van der Waals surface area contributed by atoms with Crippen LogP contribution in [0.4, 0.5) is 0 Å². The van der Waals surface area contributed by atoms with Crippen LogP contribution in [-0.4, -0.2) is 31.8 Å². The summed E-state index contributed by atoms with van der Waals surface area (Å²) in [6.07, 6.45) is 1.42. The number of fused-ring (bicyclic) bond motifs is 1. The van der Waals surface area contributed by atoms with Crippen LogP contribution in [0.25, 0.3) is 11.0 Å². The van der Waals surface area contributed by atoms with Crippen molar-refractivity contribution in [1.82, 2.24) is 5.43 Å². The molecule has 0 spiro atoms. The van der Waals surface area contributed by atoms with E-state index < -0.39 is 11.9 Å². The molecule has 1 heterocycles. The summed E-state index contributed by atoms with van der Waals surface area (Å²) >= 11 is 0. The maximum atomic E-state index is 12.1. The van der Waals surface area contributed by atoms with E-state index in [0.29, 0.717) is 16.9 Å². The van der Waals surface area contributed by atoms with Crippen molar-refractivity contribution in [3.8, 4) is 5.75 Å². The number of hydrazone groups is 1. The minimum atomic E-state index is -0.491. The molecule has 0 aliphatic heterocycles. The maximum absolute atomic E-state index is 12.1. The average Bonchev–Trinajstić information content (AvgIpc) is 3.11. The number of esters is 1. The Balaban J connectivity index is 1.66. The third kappa shape index (κ3) is 4.07. The highest BCUT2D eigenvalue weighted by Crippen LogP contribution is 2.19. The fourth-order valence-corrected chi connectivity index (χ4v) is 2.22. The van der Waals surface area contributed by atoms with Crippen LogP contribution in [0.3, 0.4) is 0 Å². The van der Waals surface area contributed by atoms with Crippen LogP contribution in [0, 0.1) is 0 Å². The lowest BCUT2D eigenvalue weighted by atomic mass is 10.2. The maximum Gasteiger partial charge on any atom is 0.343 e. The molecule has 2 aromatic carbocycles. The number of hydrogen-bond donors (Lipinski definition) is 1. The van der Waals surface area contributed by atoms with Crippen molar-refractivity contribution < 1.29 is 23.5 Å². The van der Waals surface area contributed by atoms with E-state index in [1.54, 1.807) is 36.4 Å². The van der Waals surface area contributed by atoms with E-state index in [4.69, 9.17) is 9.15 Å². The molecule has 0 saturated carbocycles. The summed E-state index contributed by atoms with van der Waals surface area (Å²) < 4.78 is 15.4. The quantitative estimate of drug-likeness (QED) is 0.418. The Morgan fingerprint density at radius 1 is 1.15 bits per heavy atom. The normalized spacial score (nSPS) is 10.8. The van der Waals surface area contributed by atoms with Gasteiger partial charge in [-0.2, -0.15) is 5.10 Å². The molecule has 0 unspecified atom stereocenters. The van der Waals surface area contributed by atoms with Crippen molar-refractivity contribution in [3.63, 3.8) is 0 Å². The number of nitrogens with zero attached hydrogens (tertiary/aromatic N) is 1. The summed E-state index contributed by atoms with van der Waals surface area (Å²) in [5.41, 5.74) is 3.63. The Hall–Kier alpha value is -3.61. The van der Waals surface area contributed by atoms with Crippen LogP contribution < -0.4 is 10.2 Å². The number of furan rings is 1. The van der Waals surface area contributed by atoms with Gasteiger partial charge in [0, 0.05) is 10.9 Å². The average molecular weight is 352 g/mol. The van der Waals surface area contributed by atoms with Gasteiger partial charge in [-0.15, -0.1) is 0 Å². The van der Waals surface area contributed by atoms with Gasteiger partial charge in [-0.05, 0) is 24.3 Å². The van der Waals surface area contributed by atoms with Gasteiger partial charge in [0.25, 0.3) is 0 Å². The zero-order chi connectivity index (χ0) is 18.4. The predicted molar refractivity (Wildman–Crippen MR) is 95.2 cm³/mol. The summed E-state index contributed by atoms with van der Waals surface area (Å²) in [6, 6.07) is 15.9. The summed E-state index contributed by atoms with van der Waals surface area (Å²) in [6.45, 7) is -0.216. The lowest BCUT2D eigenvalue weighted by Crippen LogP contribution is -2.17. The molecule has 7 nitrogen and oxygen atoms in total. The van der Waals surface area contributed by atoms with E-state index in [9.17, 15) is 9.59 Å². The smallest absolute Gasteiger partial charge is 0.343 e. The highest BCUT2D eigenvalue weighted by Gasteiger charge is 2.11. The summed E-state index contributed by atoms with van der Waals surface area (Å²) in [4.78, 5) is 23.3. The largest absolute Gasteiger partial charge is 0.481 e. The number of para-hydroxylation sites is 2. The highest BCUT2D eigenvalue weighted by molar-refractivity contribution is 5.96. The third-order valence-corrected chi connectivity index (χ3v) is 3.51.